The summed E-state index contributed by atoms with van der Waals surface area (Å²) in [5.41, 5.74) is 5.43. The highest BCUT2D eigenvalue weighted by molar-refractivity contribution is 9.10. The number of anilines is 3. The standard InChI is InChI=1S/C24H26BrN3O3S2/c1-15-14-16(2)22(28-11-6-7-12-28)17(3)21(15)26-24(29)23-19(10-13-32-23)27-33(30,31)20-9-5-4-8-18(20)25/h4-5,8-10,13-14,27H,6-7,11-12H2,1-3H3,(H,26,29). The predicted molar refractivity (Wildman–Crippen MR) is 139 cm³/mol. The SMILES string of the molecule is Cc1cc(C)c(N2CCCC2)c(C)c1NC(=O)c1sccc1NS(=O)(=O)c1ccccc1Br. The van der Waals surface area contributed by atoms with Gasteiger partial charge in [0.2, 0.25) is 0 Å². The summed E-state index contributed by atoms with van der Waals surface area (Å²) in [5.74, 6) is -0.336. The molecule has 3 aromatic rings. The molecule has 1 fully saturated rings. The molecule has 0 spiro atoms. The van der Waals surface area contributed by atoms with E-state index in [1.807, 2.05) is 13.8 Å². The molecule has 0 unspecified atom stereocenters. The Hall–Kier alpha value is -2.36. The maximum Gasteiger partial charge on any atom is 0.267 e. The second-order valence-corrected chi connectivity index (χ2v) is 11.6. The number of nitrogens with one attached hydrogen (secondary N) is 2. The summed E-state index contributed by atoms with van der Waals surface area (Å²) in [5, 5.41) is 4.76. The van der Waals surface area contributed by atoms with Gasteiger partial charge in [0.05, 0.1) is 5.69 Å². The fraction of sp³-hybridized carbons (Fsp3) is 0.292. The number of nitrogens with zero attached hydrogens (tertiary/aromatic N) is 1. The third-order valence-electron chi connectivity index (χ3n) is 5.83. The molecule has 1 aromatic heterocycles. The lowest BCUT2D eigenvalue weighted by Gasteiger charge is -2.26. The van der Waals surface area contributed by atoms with Crippen molar-refractivity contribution in [2.75, 3.05) is 28.0 Å². The van der Waals surface area contributed by atoms with Crippen molar-refractivity contribution in [3.8, 4) is 0 Å². The molecular weight excluding hydrogens is 522 g/mol. The number of aryl methyl sites for hydroxylation is 2. The number of hydrogen-bond donors (Lipinski definition) is 2. The van der Waals surface area contributed by atoms with Gasteiger partial charge in [-0.25, -0.2) is 8.42 Å². The van der Waals surface area contributed by atoms with Crippen LogP contribution in [-0.2, 0) is 10.0 Å². The largest absolute Gasteiger partial charge is 0.371 e. The van der Waals surface area contributed by atoms with E-state index in [-0.39, 0.29) is 16.5 Å². The van der Waals surface area contributed by atoms with Crippen molar-refractivity contribution in [2.45, 2.75) is 38.5 Å². The molecule has 4 rings (SSSR count). The normalized spacial score (nSPS) is 13.9. The molecule has 2 aromatic carbocycles. The lowest BCUT2D eigenvalue weighted by molar-refractivity contribution is 0.103. The Balaban J connectivity index is 1.62. The first kappa shape index (κ1) is 23.8. The van der Waals surface area contributed by atoms with Crippen LogP contribution in [0.1, 0.15) is 39.2 Å². The Morgan fingerprint density at radius 3 is 2.45 bits per heavy atom. The van der Waals surface area contributed by atoms with Gasteiger partial charge in [-0.3, -0.25) is 9.52 Å². The van der Waals surface area contributed by atoms with Crippen LogP contribution < -0.4 is 14.9 Å². The van der Waals surface area contributed by atoms with Crippen LogP contribution in [0.25, 0.3) is 0 Å². The van der Waals surface area contributed by atoms with Crippen LogP contribution in [0.15, 0.2) is 51.1 Å². The molecule has 0 radical (unpaired) electrons. The quantitative estimate of drug-likeness (QED) is 0.391. The van der Waals surface area contributed by atoms with Crippen molar-refractivity contribution in [1.29, 1.82) is 0 Å². The Labute approximate surface area is 207 Å². The number of carbonyl (C=O) groups is 1. The third-order valence-corrected chi connectivity index (χ3v) is 9.12. The molecule has 1 aliphatic rings. The van der Waals surface area contributed by atoms with Crippen molar-refractivity contribution in [3.05, 3.63) is 67.8 Å². The van der Waals surface area contributed by atoms with E-state index in [1.54, 1.807) is 29.6 Å². The lowest BCUT2D eigenvalue weighted by atomic mass is 10.0. The topological polar surface area (TPSA) is 78.5 Å². The minimum atomic E-state index is -3.86. The summed E-state index contributed by atoms with van der Waals surface area (Å²) in [6.45, 7) is 8.16. The number of halogens is 1. The molecule has 2 N–H and O–H groups in total. The first-order chi connectivity index (χ1) is 15.7. The molecule has 0 saturated carbocycles. The van der Waals surface area contributed by atoms with Gasteiger partial charge in [0, 0.05) is 28.9 Å². The molecule has 6 nitrogen and oxygen atoms in total. The maximum absolute atomic E-state index is 13.2. The number of sulfonamides is 1. The van der Waals surface area contributed by atoms with E-state index in [1.165, 1.54) is 41.5 Å². The summed E-state index contributed by atoms with van der Waals surface area (Å²) in [4.78, 5) is 16.1. The molecule has 1 saturated heterocycles. The molecular formula is C24H26BrN3O3S2. The molecule has 1 amide bonds. The van der Waals surface area contributed by atoms with Gasteiger partial charge >= 0.3 is 0 Å². The van der Waals surface area contributed by atoms with Crippen LogP contribution >= 0.6 is 27.3 Å². The molecule has 1 aliphatic heterocycles. The maximum atomic E-state index is 13.2. The first-order valence-electron chi connectivity index (χ1n) is 10.7. The molecule has 0 aliphatic carbocycles. The summed E-state index contributed by atoms with van der Waals surface area (Å²) >= 11 is 4.48. The highest BCUT2D eigenvalue weighted by Crippen LogP contribution is 2.36. The van der Waals surface area contributed by atoms with Crippen molar-refractivity contribution >= 4 is 60.3 Å². The van der Waals surface area contributed by atoms with Gasteiger partial charge in [-0.2, -0.15) is 0 Å². The van der Waals surface area contributed by atoms with Crippen LogP contribution in [0.2, 0.25) is 0 Å². The number of hydrogen-bond acceptors (Lipinski definition) is 5. The Kier molecular flexibility index (Phi) is 6.83. The lowest BCUT2D eigenvalue weighted by Crippen LogP contribution is -2.22. The van der Waals surface area contributed by atoms with Crippen LogP contribution in [0.4, 0.5) is 17.1 Å². The van der Waals surface area contributed by atoms with E-state index in [2.05, 4.69) is 43.9 Å². The molecule has 2 heterocycles. The van der Waals surface area contributed by atoms with Crippen molar-refractivity contribution in [3.63, 3.8) is 0 Å². The van der Waals surface area contributed by atoms with Crippen molar-refractivity contribution < 1.29 is 13.2 Å². The van der Waals surface area contributed by atoms with E-state index in [9.17, 15) is 13.2 Å². The molecule has 0 bridgehead atoms. The van der Waals surface area contributed by atoms with E-state index >= 15 is 0 Å². The van der Waals surface area contributed by atoms with Gasteiger partial charge in [-0.05, 0) is 89.8 Å². The fourth-order valence-corrected chi connectivity index (χ4v) is 7.28. The van der Waals surface area contributed by atoms with Gasteiger partial charge < -0.3 is 10.2 Å². The van der Waals surface area contributed by atoms with Crippen LogP contribution in [0, 0.1) is 20.8 Å². The van der Waals surface area contributed by atoms with E-state index in [0.29, 0.717) is 9.35 Å². The zero-order valence-electron chi connectivity index (χ0n) is 18.7. The number of carbonyl (C=O) groups excluding carboxylic acids is 1. The van der Waals surface area contributed by atoms with Gasteiger partial charge in [-0.1, -0.05) is 18.2 Å². The van der Waals surface area contributed by atoms with E-state index in [0.717, 1.165) is 29.9 Å². The van der Waals surface area contributed by atoms with Gasteiger partial charge in [0.15, 0.2) is 0 Å². The summed E-state index contributed by atoms with van der Waals surface area (Å²) < 4.78 is 28.9. The Bertz CT molecular complexity index is 1310. The summed E-state index contributed by atoms with van der Waals surface area (Å²) in [6, 6.07) is 10.3. The van der Waals surface area contributed by atoms with Crippen LogP contribution in [-0.4, -0.2) is 27.4 Å². The average molecular weight is 549 g/mol. The molecule has 0 atom stereocenters. The number of amides is 1. The highest BCUT2D eigenvalue weighted by Gasteiger charge is 2.24. The highest BCUT2D eigenvalue weighted by atomic mass is 79.9. The monoisotopic (exact) mass is 547 g/mol. The van der Waals surface area contributed by atoms with Crippen LogP contribution in [0.5, 0.6) is 0 Å². The predicted octanol–water partition coefficient (Wildman–Crippen LogP) is 6.09. The molecule has 9 heteroatoms. The number of rotatable bonds is 6. The number of benzene rings is 2. The number of thiophene rings is 1. The summed E-state index contributed by atoms with van der Waals surface area (Å²) in [6.07, 6.45) is 2.34. The minimum Gasteiger partial charge on any atom is -0.371 e. The van der Waals surface area contributed by atoms with Crippen molar-refractivity contribution in [1.82, 2.24) is 0 Å². The zero-order valence-corrected chi connectivity index (χ0v) is 22.0. The summed E-state index contributed by atoms with van der Waals surface area (Å²) in [7, 11) is -3.86. The molecule has 33 heavy (non-hydrogen) atoms. The second-order valence-electron chi connectivity index (χ2n) is 8.21. The first-order valence-corrected chi connectivity index (χ1v) is 13.9. The van der Waals surface area contributed by atoms with Gasteiger partial charge in [0.1, 0.15) is 9.77 Å². The third kappa shape index (κ3) is 4.81. The van der Waals surface area contributed by atoms with Crippen LogP contribution in [0.3, 0.4) is 0 Å². The van der Waals surface area contributed by atoms with Gasteiger partial charge in [-0.15, -0.1) is 11.3 Å². The molecule has 174 valence electrons. The van der Waals surface area contributed by atoms with Crippen molar-refractivity contribution in [2.24, 2.45) is 0 Å². The fourth-order valence-electron chi connectivity index (χ4n) is 4.39. The smallest absolute Gasteiger partial charge is 0.267 e. The Morgan fingerprint density at radius 2 is 1.76 bits per heavy atom. The zero-order chi connectivity index (χ0) is 23.8. The van der Waals surface area contributed by atoms with E-state index < -0.39 is 10.0 Å². The average Bonchev–Trinajstić information content (AvgIpc) is 3.43. The van der Waals surface area contributed by atoms with E-state index in [4.69, 9.17) is 0 Å². The second kappa shape index (κ2) is 9.48. The Morgan fingerprint density at radius 1 is 1.06 bits per heavy atom. The minimum absolute atomic E-state index is 0.114. The van der Waals surface area contributed by atoms with Gasteiger partial charge in [0.25, 0.3) is 15.9 Å².